The smallest absolute Gasteiger partial charge is 0.253 e. The number of nitrogens with zero attached hydrogens (tertiary/aromatic N) is 3. The highest BCUT2D eigenvalue weighted by atomic mass is 32.1. The number of benzene rings is 2. The minimum absolute atomic E-state index is 0.0563. The first kappa shape index (κ1) is 15.2. The van der Waals surface area contributed by atoms with Crippen LogP contribution in [0.5, 0.6) is 11.5 Å². The van der Waals surface area contributed by atoms with Gasteiger partial charge in [0.1, 0.15) is 11.0 Å². The maximum absolute atomic E-state index is 12.5. The van der Waals surface area contributed by atoms with Gasteiger partial charge in [-0.1, -0.05) is 6.07 Å². The number of phenols is 1. The zero-order chi connectivity index (χ0) is 16.4. The number of ether oxygens (including phenoxy) is 1. The van der Waals surface area contributed by atoms with Crippen molar-refractivity contribution in [3.63, 3.8) is 0 Å². The first-order valence-corrected chi connectivity index (χ1v) is 7.65. The summed E-state index contributed by atoms with van der Waals surface area (Å²) in [6, 6.07) is 10.4. The third-order valence-corrected chi connectivity index (χ3v) is 4.07. The van der Waals surface area contributed by atoms with Crippen LogP contribution < -0.4 is 4.74 Å². The molecule has 0 aliphatic heterocycles. The van der Waals surface area contributed by atoms with Gasteiger partial charge in [0.25, 0.3) is 5.91 Å². The van der Waals surface area contributed by atoms with Crippen molar-refractivity contribution >= 4 is 28.7 Å². The van der Waals surface area contributed by atoms with Crippen LogP contribution in [0.15, 0.2) is 36.4 Å². The highest BCUT2D eigenvalue weighted by molar-refractivity contribution is 7.00. The second kappa shape index (κ2) is 6.21. The molecule has 7 heteroatoms. The fourth-order valence-electron chi connectivity index (χ4n) is 2.32. The lowest BCUT2D eigenvalue weighted by Gasteiger charge is -2.18. The fourth-order valence-corrected chi connectivity index (χ4v) is 2.83. The Morgan fingerprint density at radius 2 is 2.00 bits per heavy atom. The molecule has 1 aromatic heterocycles. The van der Waals surface area contributed by atoms with Crippen molar-refractivity contribution in [3.8, 4) is 11.5 Å². The van der Waals surface area contributed by atoms with Gasteiger partial charge in [-0.25, -0.2) is 0 Å². The van der Waals surface area contributed by atoms with Crippen molar-refractivity contribution in [1.82, 2.24) is 13.6 Å². The van der Waals surface area contributed by atoms with Crippen LogP contribution in [0.4, 0.5) is 0 Å². The Bertz CT molecular complexity index is 863. The summed E-state index contributed by atoms with van der Waals surface area (Å²) in [4.78, 5) is 14.1. The summed E-state index contributed by atoms with van der Waals surface area (Å²) in [5, 5.41) is 9.81. The molecule has 1 heterocycles. The first-order chi connectivity index (χ1) is 11.1. The summed E-state index contributed by atoms with van der Waals surface area (Å²) in [6.45, 7) is 0.379. The van der Waals surface area contributed by atoms with E-state index in [1.807, 2.05) is 6.07 Å². The van der Waals surface area contributed by atoms with Crippen LogP contribution in [0.3, 0.4) is 0 Å². The molecule has 0 bridgehead atoms. The van der Waals surface area contributed by atoms with E-state index in [0.717, 1.165) is 28.3 Å². The highest BCUT2D eigenvalue weighted by Crippen LogP contribution is 2.26. The number of aromatic nitrogens is 2. The Hall–Kier alpha value is -2.67. The van der Waals surface area contributed by atoms with Gasteiger partial charge in [-0.15, -0.1) is 0 Å². The Morgan fingerprint density at radius 1 is 1.22 bits per heavy atom. The molecule has 0 saturated heterocycles. The third-order valence-electron chi connectivity index (χ3n) is 3.51. The molecule has 0 atom stereocenters. The largest absolute Gasteiger partial charge is 0.504 e. The second-order valence-corrected chi connectivity index (χ2v) is 5.66. The first-order valence-electron chi connectivity index (χ1n) is 6.92. The zero-order valence-electron chi connectivity index (χ0n) is 12.7. The van der Waals surface area contributed by atoms with Gasteiger partial charge >= 0.3 is 0 Å². The van der Waals surface area contributed by atoms with Gasteiger partial charge in [0.15, 0.2) is 11.5 Å². The fraction of sp³-hybridized carbons (Fsp3) is 0.188. The van der Waals surface area contributed by atoms with Crippen LogP contribution in [-0.4, -0.2) is 38.8 Å². The molecule has 0 aliphatic carbocycles. The lowest BCUT2D eigenvalue weighted by atomic mass is 10.1. The van der Waals surface area contributed by atoms with Gasteiger partial charge in [-0.3, -0.25) is 4.79 Å². The lowest BCUT2D eigenvalue weighted by Crippen LogP contribution is -2.26. The molecule has 2 aromatic carbocycles. The van der Waals surface area contributed by atoms with E-state index in [0.29, 0.717) is 17.9 Å². The van der Waals surface area contributed by atoms with E-state index in [1.165, 1.54) is 7.11 Å². The molecule has 1 N–H and O–H groups in total. The lowest BCUT2D eigenvalue weighted by molar-refractivity contribution is 0.0785. The number of methoxy groups -OCH3 is 1. The summed E-state index contributed by atoms with van der Waals surface area (Å²) in [6.07, 6.45) is 0. The maximum atomic E-state index is 12.5. The van der Waals surface area contributed by atoms with Gasteiger partial charge in [-0.05, 0) is 35.9 Å². The number of hydrogen-bond acceptors (Lipinski definition) is 6. The molecule has 3 rings (SSSR count). The molecule has 0 radical (unpaired) electrons. The van der Waals surface area contributed by atoms with E-state index in [1.54, 1.807) is 42.3 Å². The van der Waals surface area contributed by atoms with E-state index < -0.39 is 0 Å². The summed E-state index contributed by atoms with van der Waals surface area (Å²) in [5.41, 5.74) is 2.88. The minimum atomic E-state index is -0.116. The Kier molecular flexibility index (Phi) is 4.12. The number of aromatic hydroxyl groups is 1. The van der Waals surface area contributed by atoms with E-state index >= 15 is 0 Å². The zero-order valence-corrected chi connectivity index (χ0v) is 13.5. The summed E-state index contributed by atoms with van der Waals surface area (Å²) < 4.78 is 13.3. The van der Waals surface area contributed by atoms with Crippen LogP contribution in [0.2, 0.25) is 0 Å². The number of amides is 1. The number of phenolic OH excluding ortho intramolecular Hbond substituents is 1. The predicted molar refractivity (Wildman–Crippen MR) is 87.9 cm³/mol. The van der Waals surface area contributed by atoms with Gasteiger partial charge in [0, 0.05) is 19.2 Å². The van der Waals surface area contributed by atoms with Crippen molar-refractivity contribution in [1.29, 1.82) is 0 Å². The predicted octanol–water partition coefficient (Wildman–Crippen LogP) is 2.68. The van der Waals surface area contributed by atoms with Crippen LogP contribution in [-0.2, 0) is 6.54 Å². The molecule has 3 aromatic rings. The summed E-state index contributed by atoms with van der Waals surface area (Å²) in [5.74, 6) is 0.347. The minimum Gasteiger partial charge on any atom is -0.504 e. The quantitative estimate of drug-likeness (QED) is 0.796. The van der Waals surface area contributed by atoms with Crippen LogP contribution >= 0.6 is 11.7 Å². The monoisotopic (exact) mass is 329 g/mol. The average Bonchev–Trinajstić information content (AvgIpc) is 3.01. The molecule has 0 fully saturated rings. The Balaban J connectivity index is 1.77. The molecule has 0 saturated carbocycles. The number of hydrogen-bond donors (Lipinski definition) is 1. The van der Waals surface area contributed by atoms with Crippen molar-refractivity contribution < 1.29 is 14.6 Å². The molecule has 0 aliphatic rings. The van der Waals surface area contributed by atoms with Crippen LogP contribution in [0, 0.1) is 0 Å². The molecular formula is C16H15N3O3S. The van der Waals surface area contributed by atoms with Gasteiger partial charge in [0.2, 0.25) is 0 Å². The molecule has 0 unspecified atom stereocenters. The Labute approximate surface area is 137 Å². The molecule has 1 amide bonds. The number of carbonyl (C=O) groups excluding carboxylic acids is 1. The van der Waals surface area contributed by atoms with E-state index in [2.05, 4.69) is 8.75 Å². The van der Waals surface area contributed by atoms with E-state index in [4.69, 9.17) is 4.74 Å². The highest BCUT2D eigenvalue weighted by Gasteiger charge is 2.14. The molecule has 6 nitrogen and oxygen atoms in total. The number of rotatable bonds is 4. The maximum Gasteiger partial charge on any atom is 0.253 e. The summed E-state index contributed by atoms with van der Waals surface area (Å²) >= 11 is 1.12. The second-order valence-electron chi connectivity index (χ2n) is 5.14. The van der Waals surface area contributed by atoms with E-state index in [9.17, 15) is 9.90 Å². The van der Waals surface area contributed by atoms with Crippen molar-refractivity contribution in [2.24, 2.45) is 0 Å². The molecule has 0 spiro atoms. The van der Waals surface area contributed by atoms with Crippen LogP contribution in [0.25, 0.3) is 11.0 Å². The van der Waals surface area contributed by atoms with Crippen LogP contribution in [0.1, 0.15) is 15.9 Å². The van der Waals surface area contributed by atoms with Gasteiger partial charge in [0.05, 0.1) is 18.8 Å². The standard InChI is InChI=1S/C16H15N3O3S/c1-19(9-10-3-6-15(22-2)14(20)7-10)16(21)11-4-5-12-13(8-11)18-23-17-12/h3-8,20H,9H2,1-2H3. The van der Waals surface area contributed by atoms with Gasteiger partial charge in [-0.2, -0.15) is 8.75 Å². The normalized spacial score (nSPS) is 10.7. The van der Waals surface area contributed by atoms with Crippen molar-refractivity contribution in [3.05, 3.63) is 47.5 Å². The van der Waals surface area contributed by atoms with Crippen molar-refractivity contribution in [2.75, 3.05) is 14.2 Å². The van der Waals surface area contributed by atoms with E-state index in [-0.39, 0.29) is 11.7 Å². The number of carbonyl (C=O) groups is 1. The molecular weight excluding hydrogens is 314 g/mol. The third kappa shape index (κ3) is 3.09. The van der Waals surface area contributed by atoms with Crippen molar-refractivity contribution in [2.45, 2.75) is 6.54 Å². The topological polar surface area (TPSA) is 75.5 Å². The average molecular weight is 329 g/mol. The van der Waals surface area contributed by atoms with Gasteiger partial charge < -0.3 is 14.7 Å². The molecule has 23 heavy (non-hydrogen) atoms. The Morgan fingerprint density at radius 3 is 2.74 bits per heavy atom. The number of fused-ring (bicyclic) bond motifs is 1. The SMILES string of the molecule is COc1ccc(CN(C)C(=O)c2ccc3nsnc3c2)cc1O. The molecule has 118 valence electrons. The summed E-state index contributed by atoms with van der Waals surface area (Å²) in [7, 11) is 3.21.